The van der Waals surface area contributed by atoms with Gasteiger partial charge >= 0.3 is 0 Å². The molecule has 0 radical (unpaired) electrons. The molecule has 156 valence electrons. The van der Waals surface area contributed by atoms with Gasteiger partial charge in [0.15, 0.2) is 12.1 Å². The summed E-state index contributed by atoms with van der Waals surface area (Å²) in [5.41, 5.74) is 0. The van der Waals surface area contributed by atoms with Crippen molar-refractivity contribution in [2.24, 2.45) is 5.92 Å². The molecular weight excluding hydrogens is 324 g/mol. The maximum Gasteiger partial charge on any atom is 0.184 e. The zero-order valence-corrected chi connectivity index (χ0v) is 18.2. The van der Waals surface area contributed by atoms with Gasteiger partial charge in [-0.05, 0) is 32.6 Å². The Bertz CT molecular complexity index is 317. The predicted molar refractivity (Wildman–Crippen MR) is 110 cm³/mol. The van der Waals surface area contributed by atoms with E-state index in [1.54, 1.807) is 0 Å². The van der Waals surface area contributed by atoms with E-state index in [-0.39, 0.29) is 6.29 Å². The minimum atomic E-state index is -0.487. The summed E-state index contributed by atoms with van der Waals surface area (Å²) in [6, 6.07) is 0. The van der Waals surface area contributed by atoms with Crippen LogP contribution in [0.3, 0.4) is 0 Å². The fourth-order valence-electron chi connectivity index (χ4n) is 3.72. The molecule has 1 aliphatic heterocycles. The van der Waals surface area contributed by atoms with Crippen LogP contribution in [-0.4, -0.2) is 25.3 Å². The lowest BCUT2D eigenvalue weighted by molar-refractivity contribution is -0.194. The lowest BCUT2D eigenvalue weighted by Gasteiger charge is -2.21. The highest BCUT2D eigenvalue weighted by molar-refractivity contribution is 4.66. The van der Waals surface area contributed by atoms with Crippen molar-refractivity contribution in [3.8, 4) is 0 Å². The summed E-state index contributed by atoms with van der Waals surface area (Å²) >= 11 is 0. The van der Waals surface area contributed by atoms with Crippen molar-refractivity contribution in [3.63, 3.8) is 0 Å². The van der Waals surface area contributed by atoms with Gasteiger partial charge in [-0.1, -0.05) is 90.9 Å². The van der Waals surface area contributed by atoms with Crippen LogP contribution in [-0.2, 0) is 14.2 Å². The van der Waals surface area contributed by atoms with Gasteiger partial charge in [0.2, 0.25) is 0 Å². The van der Waals surface area contributed by atoms with Gasteiger partial charge in [-0.25, -0.2) is 0 Å². The second kappa shape index (κ2) is 14.9. The van der Waals surface area contributed by atoms with Crippen LogP contribution in [0.5, 0.6) is 0 Å². The van der Waals surface area contributed by atoms with Crippen molar-refractivity contribution in [1.82, 2.24) is 0 Å². The highest BCUT2D eigenvalue weighted by Gasteiger charge is 2.33. The van der Waals surface area contributed by atoms with E-state index >= 15 is 0 Å². The summed E-state index contributed by atoms with van der Waals surface area (Å²) in [4.78, 5) is 0. The molecule has 0 bridgehead atoms. The Morgan fingerprint density at radius 2 is 1.31 bits per heavy atom. The van der Waals surface area contributed by atoms with Crippen LogP contribution in [0.15, 0.2) is 0 Å². The summed E-state index contributed by atoms with van der Waals surface area (Å²) in [6.07, 6.45) is 18.9. The average molecular weight is 371 g/mol. The molecule has 0 aromatic rings. The molecule has 26 heavy (non-hydrogen) atoms. The molecule has 0 aromatic heterocycles. The normalized spacial score (nSPS) is 20.5. The lowest BCUT2D eigenvalue weighted by atomic mass is 9.95. The zero-order valence-electron chi connectivity index (χ0n) is 18.2. The standard InChI is InChI=1S/C23H46O3/c1-5-7-9-11-12-14-16-18-21(17-15-13-10-8-6-2)19-24-22-20-25-23(3,4)26-22/h21-22H,5-20H2,1-4H3. The van der Waals surface area contributed by atoms with Crippen LogP contribution in [0.2, 0.25) is 0 Å². The van der Waals surface area contributed by atoms with E-state index in [1.807, 2.05) is 13.8 Å². The number of hydrogen-bond donors (Lipinski definition) is 0. The maximum absolute atomic E-state index is 6.04. The Kier molecular flexibility index (Phi) is 13.7. The van der Waals surface area contributed by atoms with Crippen LogP contribution in [0.25, 0.3) is 0 Å². The first-order valence-corrected chi connectivity index (χ1v) is 11.5. The molecule has 0 N–H and O–H groups in total. The fraction of sp³-hybridized carbons (Fsp3) is 1.00. The van der Waals surface area contributed by atoms with E-state index < -0.39 is 5.79 Å². The lowest BCUT2D eigenvalue weighted by Crippen LogP contribution is -2.24. The molecule has 2 unspecified atom stereocenters. The topological polar surface area (TPSA) is 27.7 Å². The molecule has 0 amide bonds. The predicted octanol–water partition coefficient (Wildman–Crippen LogP) is 7.23. The van der Waals surface area contributed by atoms with Crippen LogP contribution >= 0.6 is 0 Å². The SMILES string of the molecule is CCCCCCCCCC(CCCCCCC)COC1COC(C)(C)O1. The first kappa shape index (κ1) is 23.9. The Hall–Kier alpha value is -0.120. The van der Waals surface area contributed by atoms with E-state index in [2.05, 4.69) is 13.8 Å². The third kappa shape index (κ3) is 12.3. The Morgan fingerprint density at radius 3 is 1.77 bits per heavy atom. The molecule has 1 heterocycles. The van der Waals surface area contributed by atoms with Gasteiger partial charge in [0.1, 0.15) is 6.61 Å². The minimum Gasteiger partial charge on any atom is -0.350 e. The van der Waals surface area contributed by atoms with Crippen molar-refractivity contribution in [3.05, 3.63) is 0 Å². The van der Waals surface area contributed by atoms with Crippen LogP contribution in [0.1, 0.15) is 118 Å². The molecule has 2 atom stereocenters. The number of ether oxygens (including phenoxy) is 3. The molecule has 0 aromatic carbocycles. The van der Waals surface area contributed by atoms with E-state index in [0.717, 1.165) is 6.61 Å². The van der Waals surface area contributed by atoms with Gasteiger partial charge < -0.3 is 14.2 Å². The largest absolute Gasteiger partial charge is 0.350 e. The van der Waals surface area contributed by atoms with Crippen molar-refractivity contribution in [1.29, 1.82) is 0 Å². The minimum absolute atomic E-state index is 0.179. The summed E-state index contributed by atoms with van der Waals surface area (Å²) < 4.78 is 17.4. The fourth-order valence-corrected chi connectivity index (χ4v) is 3.72. The van der Waals surface area contributed by atoms with Gasteiger partial charge in [0, 0.05) is 0 Å². The molecule has 0 saturated carbocycles. The van der Waals surface area contributed by atoms with Crippen molar-refractivity contribution in [2.75, 3.05) is 13.2 Å². The van der Waals surface area contributed by atoms with Crippen molar-refractivity contribution < 1.29 is 14.2 Å². The first-order valence-electron chi connectivity index (χ1n) is 11.5. The smallest absolute Gasteiger partial charge is 0.184 e. The van der Waals surface area contributed by atoms with Gasteiger partial charge in [-0.3, -0.25) is 0 Å². The molecule has 1 rings (SSSR count). The van der Waals surface area contributed by atoms with Crippen molar-refractivity contribution >= 4 is 0 Å². The van der Waals surface area contributed by atoms with Crippen LogP contribution < -0.4 is 0 Å². The third-order valence-electron chi connectivity index (χ3n) is 5.43. The number of unbranched alkanes of at least 4 members (excludes halogenated alkanes) is 10. The molecule has 1 aliphatic rings. The summed E-state index contributed by atoms with van der Waals surface area (Å²) in [5.74, 6) is 0.193. The summed E-state index contributed by atoms with van der Waals surface area (Å²) in [7, 11) is 0. The number of rotatable bonds is 17. The van der Waals surface area contributed by atoms with Gasteiger partial charge in [-0.2, -0.15) is 0 Å². The highest BCUT2D eigenvalue weighted by Crippen LogP contribution is 2.25. The molecule has 1 fully saturated rings. The van der Waals surface area contributed by atoms with E-state index in [9.17, 15) is 0 Å². The second-order valence-corrected chi connectivity index (χ2v) is 8.57. The summed E-state index contributed by atoms with van der Waals surface area (Å²) in [5, 5.41) is 0. The van der Waals surface area contributed by atoms with Crippen LogP contribution in [0.4, 0.5) is 0 Å². The van der Waals surface area contributed by atoms with Crippen molar-refractivity contribution in [2.45, 2.75) is 130 Å². The monoisotopic (exact) mass is 370 g/mol. The molecule has 3 heteroatoms. The first-order chi connectivity index (χ1) is 12.6. The molecule has 0 spiro atoms. The average Bonchev–Trinajstić information content (AvgIpc) is 2.96. The van der Waals surface area contributed by atoms with Crippen LogP contribution in [0, 0.1) is 5.92 Å². The highest BCUT2D eigenvalue weighted by atomic mass is 16.8. The van der Waals surface area contributed by atoms with Gasteiger partial charge in [0.05, 0.1) is 6.61 Å². The van der Waals surface area contributed by atoms with E-state index in [0.29, 0.717) is 12.5 Å². The Balaban J connectivity index is 2.19. The Morgan fingerprint density at radius 1 is 0.808 bits per heavy atom. The van der Waals surface area contributed by atoms with E-state index in [4.69, 9.17) is 14.2 Å². The second-order valence-electron chi connectivity index (χ2n) is 8.57. The maximum atomic E-state index is 6.04. The molecule has 0 aliphatic carbocycles. The molecule has 1 saturated heterocycles. The molecular formula is C23H46O3. The summed E-state index contributed by atoms with van der Waals surface area (Å²) in [6.45, 7) is 9.87. The number of hydrogen-bond acceptors (Lipinski definition) is 3. The third-order valence-corrected chi connectivity index (χ3v) is 5.43. The quantitative estimate of drug-likeness (QED) is 0.253. The Labute approximate surface area is 163 Å². The van der Waals surface area contributed by atoms with Gasteiger partial charge in [0.25, 0.3) is 0 Å². The zero-order chi connectivity index (χ0) is 19.1. The van der Waals surface area contributed by atoms with E-state index in [1.165, 1.54) is 89.9 Å². The molecule has 3 nitrogen and oxygen atoms in total. The van der Waals surface area contributed by atoms with Gasteiger partial charge in [-0.15, -0.1) is 0 Å².